The highest BCUT2D eigenvalue weighted by atomic mass is 19.1. The van der Waals surface area contributed by atoms with Crippen molar-refractivity contribution in [3.63, 3.8) is 0 Å². The molecule has 0 spiro atoms. The first-order valence-electron chi connectivity index (χ1n) is 11.0. The Morgan fingerprint density at radius 3 is 2.33 bits per heavy atom. The highest BCUT2D eigenvalue weighted by Gasteiger charge is 2.18. The van der Waals surface area contributed by atoms with Gasteiger partial charge in [-0.2, -0.15) is 0 Å². The van der Waals surface area contributed by atoms with E-state index in [1.54, 1.807) is 30.6 Å². The third-order valence-electron chi connectivity index (χ3n) is 5.84. The van der Waals surface area contributed by atoms with Crippen molar-refractivity contribution in [2.24, 2.45) is 0 Å². The van der Waals surface area contributed by atoms with Crippen molar-refractivity contribution in [2.75, 3.05) is 5.32 Å². The third-order valence-corrected chi connectivity index (χ3v) is 5.84. The maximum absolute atomic E-state index is 14.3. The van der Waals surface area contributed by atoms with Crippen LogP contribution >= 0.6 is 0 Å². The molecule has 0 saturated carbocycles. The van der Waals surface area contributed by atoms with Crippen molar-refractivity contribution in [3.05, 3.63) is 112 Å². The molecule has 0 aliphatic rings. The van der Waals surface area contributed by atoms with Crippen molar-refractivity contribution >= 4 is 16.6 Å². The molecule has 2 aromatic heterocycles. The predicted octanol–water partition coefficient (Wildman–Crippen LogP) is 6.79. The second-order valence-electron chi connectivity index (χ2n) is 8.19. The smallest absolute Gasteiger partial charge is 0.272 e. The number of pyridine rings is 1. The molecule has 0 fully saturated rings. The number of hydrogen-bond acceptors (Lipinski definition) is 3. The topological polar surface area (TPSA) is 69.9 Å². The number of anilines is 1. The number of benzene rings is 3. The Hall–Kier alpha value is -4.53. The minimum atomic E-state index is -0.885. The molecule has 0 aliphatic heterocycles. The van der Waals surface area contributed by atoms with Crippen molar-refractivity contribution in [1.82, 2.24) is 9.97 Å². The molecule has 0 aliphatic carbocycles. The summed E-state index contributed by atoms with van der Waals surface area (Å²) in [6, 6.07) is 11.4. The molecule has 5 aromatic rings. The van der Waals surface area contributed by atoms with Crippen LogP contribution in [0.4, 0.5) is 23.2 Å². The molecule has 0 bridgehead atoms. The number of nitrogens with one attached hydrogen (secondary N) is 3. The number of ether oxygens (including phenoxy) is 1. The summed E-state index contributed by atoms with van der Waals surface area (Å²) in [6.07, 6.45) is 3.20. The van der Waals surface area contributed by atoms with Crippen molar-refractivity contribution in [2.45, 2.75) is 13.5 Å². The van der Waals surface area contributed by atoms with Gasteiger partial charge in [0, 0.05) is 52.8 Å². The van der Waals surface area contributed by atoms with Crippen LogP contribution < -0.4 is 15.6 Å². The molecule has 3 N–H and O–H groups in total. The van der Waals surface area contributed by atoms with E-state index >= 15 is 0 Å². The van der Waals surface area contributed by atoms with Crippen molar-refractivity contribution in [3.8, 4) is 22.6 Å². The fourth-order valence-electron chi connectivity index (χ4n) is 4.05. The summed E-state index contributed by atoms with van der Waals surface area (Å²) in [7, 11) is 0. The van der Waals surface area contributed by atoms with E-state index in [-0.39, 0.29) is 29.2 Å². The number of aryl methyl sites for hydroxylation is 1. The van der Waals surface area contributed by atoms with E-state index in [0.29, 0.717) is 33.8 Å². The van der Waals surface area contributed by atoms with Gasteiger partial charge in [-0.25, -0.2) is 17.6 Å². The first-order chi connectivity index (χ1) is 17.3. The Balaban J connectivity index is 1.60. The molecule has 9 heteroatoms. The molecular formula is C27H19F4N3O2. The lowest BCUT2D eigenvalue weighted by Crippen LogP contribution is -2.06. The van der Waals surface area contributed by atoms with E-state index in [4.69, 9.17) is 4.74 Å². The Kier molecular flexibility index (Phi) is 5.97. The Bertz CT molecular complexity index is 1640. The highest BCUT2D eigenvalue weighted by molar-refractivity contribution is 5.99. The van der Waals surface area contributed by atoms with E-state index in [2.05, 4.69) is 15.3 Å². The van der Waals surface area contributed by atoms with Crippen LogP contribution in [0.2, 0.25) is 0 Å². The molecule has 0 atom stereocenters. The summed E-state index contributed by atoms with van der Waals surface area (Å²) < 4.78 is 61.7. The van der Waals surface area contributed by atoms with Gasteiger partial charge in [-0.3, -0.25) is 4.79 Å². The van der Waals surface area contributed by atoms with Gasteiger partial charge in [0.2, 0.25) is 0 Å². The standard InChI is InChI=1S/C27H19F4N3O2/c1-14-11-34-27(35)26-25(14)18(12-33-26)17-10-16(32-13-19-20(29)3-2-4-21(19)30)6-8-23(17)36-24-7-5-15(28)9-22(24)31/h2-12,32-33H,13H2,1H3,(H,34,35). The van der Waals surface area contributed by atoms with Gasteiger partial charge in [0.25, 0.3) is 5.56 Å². The molecule has 0 amide bonds. The normalized spacial score (nSPS) is 11.1. The van der Waals surface area contributed by atoms with Crippen LogP contribution in [0.25, 0.3) is 22.0 Å². The zero-order chi connectivity index (χ0) is 25.4. The lowest BCUT2D eigenvalue weighted by molar-refractivity contribution is 0.439. The van der Waals surface area contributed by atoms with Crippen LogP contribution in [0, 0.1) is 30.2 Å². The summed E-state index contributed by atoms with van der Waals surface area (Å²) in [4.78, 5) is 17.9. The summed E-state index contributed by atoms with van der Waals surface area (Å²) >= 11 is 0. The lowest BCUT2D eigenvalue weighted by Gasteiger charge is -2.15. The first kappa shape index (κ1) is 23.2. The van der Waals surface area contributed by atoms with Gasteiger partial charge in [0.1, 0.15) is 28.7 Å². The average molecular weight is 493 g/mol. The molecule has 0 saturated heterocycles. The van der Waals surface area contributed by atoms with Gasteiger partial charge >= 0.3 is 0 Å². The largest absolute Gasteiger partial charge is 0.454 e. The average Bonchev–Trinajstić information content (AvgIpc) is 3.30. The lowest BCUT2D eigenvalue weighted by atomic mass is 10.0. The van der Waals surface area contributed by atoms with Gasteiger partial charge < -0.3 is 20.0 Å². The van der Waals surface area contributed by atoms with Crippen LogP contribution in [-0.4, -0.2) is 9.97 Å². The Morgan fingerprint density at radius 1 is 0.833 bits per heavy atom. The summed E-state index contributed by atoms with van der Waals surface area (Å²) in [5.41, 5.74) is 2.23. The van der Waals surface area contributed by atoms with Crippen LogP contribution in [0.5, 0.6) is 11.5 Å². The second kappa shape index (κ2) is 9.26. The molecule has 5 nitrogen and oxygen atoms in total. The molecule has 0 unspecified atom stereocenters. The van der Waals surface area contributed by atoms with Gasteiger partial charge in [0.05, 0.1) is 0 Å². The quantitative estimate of drug-likeness (QED) is 0.228. The zero-order valence-electron chi connectivity index (χ0n) is 18.9. The SMILES string of the molecule is Cc1c[nH]c(=O)c2[nH]cc(-c3cc(NCc4c(F)cccc4F)ccc3Oc3ccc(F)cc3F)c12. The molecule has 3 aromatic carbocycles. The number of halogens is 4. The Labute approximate surface area is 202 Å². The number of hydrogen-bond donors (Lipinski definition) is 3. The number of H-pyrrole nitrogens is 2. The summed E-state index contributed by atoms with van der Waals surface area (Å²) in [5, 5.41) is 3.62. The molecule has 2 heterocycles. The van der Waals surface area contributed by atoms with E-state index < -0.39 is 23.3 Å². The van der Waals surface area contributed by atoms with E-state index in [0.717, 1.165) is 11.6 Å². The number of rotatable bonds is 6. The maximum atomic E-state index is 14.3. The second-order valence-corrected chi connectivity index (χ2v) is 8.19. The van der Waals surface area contributed by atoms with Crippen LogP contribution in [0.3, 0.4) is 0 Å². The van der Waals surface area contributed by atoms with Gasteiger partial charge in [-0.15, -0.1) is 0 Å². The van der Waals surface area contributed by atoms with Crippen molar-refractivity contribution in [1.29, 1.82) is 0 Å². The molecule has 36 heavy (non-hydrogen) atoms. The minimum Gasteiger partial charge on any atom is -0.454 e. The van der Waals surface area contributed by atoms with Gasteiger partial charge in [0.15, 0.2) is 11.6 Å². The van der Waals surface area contributed by atoms with Crippen molar-refractivity contribution < 1.29 is 22.3 Å². The Morgan fingerprint density at radius 2 is 1.58 bits per heavy atom. The fraction of sp³-hybridized carbons (Fsp3) is 0.0741. The molecule has 182 valence electrons. The molecule has 0 radical (unpaired) electrons. The fourth-order valence-corrected chi connectivity index (χ4v) is 4.05. The third kappa shape index (κ3) is 4.31. The van der Waals surface area contributed by atoms with E-state index in [1.165, 1.54) is 24.3 Å². The first-order valence-corrected chi connectivity index (χ1v) is 11.0. The minimum absolute atomic E-state index is 0.123. The van der Waals surface area contributed by atoms with Crippen LogP contribution in [0.1, 0.15) is 11.1 Å². The zero-order valence-corrected chi connectivity index (χ0v) is 18.9. The predicted molar refractivity (Wildman–Crippen MR) is 129 cm³/mol. The van der Waals surface area contributed by atoms with Crippen LogP contribution in [-0.2, 0) is 6.54 Å². The summed E-state index contributed by atoms with van der Waals surface area (Å²) in [5.74, 6) is -2.96. The monoisotopic (exact) mass is 493 g/mol. The molecule has 5 rings (SSSR count). The van der Waals surface area contributed by atoms with E-state index in [9.17, 15) is 22.4 Å². The number of aromatic amines is 2. The van der Waals surface area contributed by atoms with Gasteiger partial charge in [-0.1, -0.05) is 6.07 Å². The van der Waals surface area contributed by atoms with E-state index in [1.807, 2.05) is 6.92 Å². The van der Waals surface area contributed by atoms with Gasteiger partial charge in [-0.05, 0) is 55.0 Å². The summed E-state index contributed by atoms with van der Waals surface area (Å²) in [6.45, 7) is 1.69. The van der Waals surface area contributed by atoms with Crippen LogP contribution in [0.15, 0.2) is 71.8 Å². The number of aromatic nitrogens is 2. The number of fused-ring (bicyclic) bond motifs is 1. The molecular weight excluding hydrogens is 474 g/mol. The maximum Gasteiger partial charge on any atom is 0.272 e. The highest BCUT2D eigenvalue weighted by Crippen LogP contribution is 2.40.